The lowest BCUT2D eigenvalue weighted by Gasteiger charge is -2.24. The molecule has 0 spiro atoms. The van der Waals surface area contributed by atoms with E-state index in [9.17, 15) is 9.90 Å². The van der Waals surface area contributed by atoms with Gasteiger partial charge in [0.2, 0.25) is 0 Å². The van der Waals surface area contributed by atoms with Gasteiger partial charge in [-0.1, -0.05) is 48.5 Å². The maximum absolute atomic E-state index is 13.7. The number of rotatable bonds is 6. The van der Waals surface area contributed by atoms with Crippen LogP contribution in [-0.4, -0.2) is 36.3 Å². The smallest absolute Gasteiger partial charge is 0.268 e. The summed E-state index contributed by atoms with van der Waals surface area (Å²) in [4.78, 5) is 18.6. The Bertz CT molecular complexity index is 1310. The average Bonchev–Trinajstić information content (AvgIpc) is 3.27. The number of hydrogen-bond acceptors (Lipinski definition) is 4. The maximum atomic E-state index is 13.7. The second-order valence-electron chi connectivity index (χ2n) is 7.85. The molecule has 0 bridgehead atoms. The van der Waals surface area contributed by atoms with Crippen molar-refractivity contribution in [1.82, 2.24) is 4.98 Å². The van der Waals surface area contributed by atoms with Crippen molar-refractivity contribution in [2.75, 3.05) is 25.2 Å². The van der Waals surface area contributed by atoms with E-state index in [1.165, 1.54) is 0 Å². The molecule has 0 saturated carbocycles. The summed E-state index contributed by atoms with van der Waals surface area (Å²) in [6, 6.07) is 22.5. The molecule has 6 nitrogen and oxygen atoms in total. The summed E-state index contributed by atoms with van der Waals surface area (Å²) in [7, 11) is 1.59. The van der Waals surface area contributed by atoms with Crippen LogP contribution in [0.1, 0.15) is 16.8 Å². The number of aromatic nitrogens is 1. The molecule has 1 amide bonds. The molecule has 1 aliphatic rings. The van der Waals surface area contributed by atoms with Crippen molar-refractivity contribution in [3.8, 4) is 11.5 Å². The van der Waals surface area contributed by atoms with E-state index in [4.69, 9.17) is 9.47 Å². The molecule has 1 aromatic heterocycles. The van der Waals surface area contributed by atoms with Crippen LogP contribution in [0.3, 0.4) is 0 Å². The first-order valence-electron chi connectivity index (χ1n) is 10.5. The fourth-order valence-electron chi connectivity index (χ4n) is 4.63. The first kappa shape index (κ1) is 20.2. The van der Waals surface area contributed by atoms with Gasteiger partial charge in [-0.3, -0.25) is 4.79 Å². The fourth-order valence-corrected chi connectivity index (χ4v) is 4.63. The Labute approximate surface area is 186 Å². The Kier molecular flexibility index (Phi) is 4.87. The minimum absolute atomic E-state index is 0.253. The monoisotopic (exact) mass is 428 g/mol. The van der Waals surface area contributed by atoms with Crippen molar-refractivity contribution in [3.05, 3.63) is 89.6 Å². The van der Waals surface area contributed by atoms with E-state index in [0.717, 1.165) is 16.6 Å². The Balaban J connectivity index is 1.50. The molecule has 1 atom stereocenters. The SMILES string of the molecule is COc1ccccc1OCCN1C(=O)[C@](O)(c2c(C)[nH]c3ccccc23)c2ccccc21. The molecule has 0 aliphatic carbocycles. The van der Waals surface area contributed by atoms with E-state index < -0.39 is 5.60 Å². The Morgan fingerprint density at radius 3 is 2.47 bits per heavy atom. The van der Waals surface area contributed by atoms with Crippen LogP contribution in [0.25, 0.3) is 10.9 Å². The standard InChI is InChI=1S/C26H24N2O4/c1-17-24(18-9-3-5-11-20(18)27-17)26(30)19-10-4-6-12-21(19)28(25(26)29)15-16-32-23-14-8-7-13-22(23)31-2/h3-14,27,30H,15-16H2,1-2H3/t26-/m1/s1. The Hall–Kier alpha value is -3.77. The van der Waals surface area contributed by atoms with E-state index in [0.29, 0.717) is 28.3 Å². The lowest BCUT2D eigenvalue weighted by Crippen LogP contribution is -2.43. The topological polar surface area (TPSA) is 74.8 Å². The number of amides is 1. The number of carbonyl (C=O) groups excluding carboxylic acids is 1. The van der Waals surface area contributed by atoms with Gasteiger partial charge in [0.1, 0.15) is 6.61 Å². The third-order valence-electron chi connectivity index (χ3n) is 6.04. The van der Waals surface area contributed by atoms with Crippen LogP contribution in [0.2, 0.25) is 0 Å². The zero-order valence-corrected chi connectivity index (χ0v) is 18.0. The molecule has 2 N–H and O–H groups in total. The number of para-hydroxylation sites is 4. The zero-order chi connectivity index (χ0) is 22.3. The highest BCUT2D eigenvalue weighted by atomic mass is 16.5. The molecule has 0 fully saturated rings. The summed E-state index contributed by atoms with van der Waals surface area (Å²) in [5, 5.41) is 12.8. The Morgan fingerprint density at radius 2 is 1.66 bits per heavy atom. The lowest BCUT2D eigenvalue weighted by atomic mass is 9.85. The number of fused-ring (bicyclic) bond motifs is 2. The molecule has 5 rings (SSSR count). The summed E-state index contributed by atoms with van der Waals surface area (Å²) >= 11 is 0. The molecule has 4 aromatic rings. The molecule has 0 unspecified atom stereocenters. The number of nitrogens with one attached hydrogen (secondary N) is 1. The minimum atomic E-state index is -1.77. The van der Waals surface area contributed by atoms with Crippen LogP contribution < -0.4 is 14.4 Å². The van der Waals surface area contributed by atoms with Gasteiger partial charge in [-0.05, 0) is 31.2 Å². The Morgan fingerprint density at radius 1 is 0.969 bits per heavy atom. The molecular weight excluding hydrogens is 404 g/mol. The van der Waals surface area contributed by atoms with Crippen LogP contribution in [0.5, 0.6) is 11.5 Å². The largest absolute Gasteiger partial charge is 0.493 e. The number of hydrogen-bond donors (Lipinski definition) is 2. The summed E-state index contributed by atoms with van der Waals surface area (Å²) in [6.07, 6.45) is 0. The van der Waals surface area contributed by atoms with Crippen LogP contribution in [0.15, 0.2) is 72.8 Å². The first-order chi connectivity index (χ1) is 15.6. The highest BCUT2D eigenvalue weighted by Crippen LogP contribution is 2.47. The first-order valence-corrected chi connectivity index (χ1v) is 10.5. The molecule has 1 aliphatic heterocycles. The number of benzene rings is 3. The van der Waals surface area contributed by atoms with E-state index in [-0.39, 0.29) is 19.1 Å². The van der Waals surface area contributed by atoms with Crippen LogP contribution in [0, 0.1) is 6.92 Å². The maximum Gasteiger partial charge on any atom is 0.268 e. The van der Waals surface area contributed by atoms with E-state index in [2.05, 4.69) is 4.98 Å². The van der Waals surface area contributed by atoms with Gasteiger partial charge in [-0.15, -0.1) is 0 Å². The molecule has 32 heavy (non-hydrogen) atoms. The minimum Gasteiger partial charge on any atom is -0.493 e. The number of H-pyrrole nitrogens is 1. The highest BCUT2D eigenvalue weighted by Gasteiger charge is 2.52. The van der Waals surface area contributed by atoms with Crippen molar-refractivity contribution >= 4 is 22.5 Å². The summed E-state index contributed by atoms with van der Waals surface area (Å²) in [5.74, 6) is 0.861. The van der Waals surface area contributed by atoms with E-state index >= 15 is 0 Å². The van der Waals surface area contributed by atoms with Gasteiger partial charge in [-0.25, -0.2) is 0 Å². The fraction of sp³-hybridized carbons (Fsp3) is 0.192. The van der Waals surface area contributed by atoms with Crippen molar-refractivity contribution < 1.29 is 19.4 Å². The molecule has 162 valence electrons. The quantitative estimate of drug-likeness (QED) is 0.484. The number of ether oxygens (including phenoxy) is 2. The van der Waals surface area contributed by atoms with Crippen molar-refractivity contribution in [3.63, 3.8) is 0 Å². The van der Waals surface area contributed by atoms with Gasteiger partial charge in [0, 0.05) is 27.7 Å². The second-order valence-corrected chi connectivity index (χ2v) is 7.85. The third-order valence-corrected chi connectivity index (χ3v) is 6.04. The molecule has 2 heterocycles. The highest BCUT2D eigenvalue weighted by molar-refractivity contribution is 6.11. The van der Waals surface area contributed by atoms with E-state index in [1.54, 1.807) is 12.0 Å². The van der Waals surface area contributed by atoms with Gasteiger partial charge < -0.3 is 24.5 Å². The number of methoxy groups -OCH3 is 1. The number of carbonyl (C=O) groups is 1. The van der Waals surface area contributed by atoms with Crippen LogP contribution in [-0.2, 0) is 10.4 Å². The van der Waals surface area contributed by atoms with Crippen molar-refractivity contribution in [1.29, 1.82) is 0 Å². The number of aryl methyl sites for hydroxylation is 1. The molecule has 0 saturated heterocycles. The lowest BCUT2D eigenvalue weighted by molar-refractivity contribution is -0.132. The van der Waals surface area contributed by atoms with Gasteiger partial charge in [0.05, 0.1) is 19.3 Å². The van der Waals surface area contributed by atoms with Crippen LogP contribution >= 0.6 is 0 Å². The molecule has 6 heteroatoms. The average molecular weight is 428 g/mol. The summed E-state index contributed by atoms with van der Waals surface area (Å²) in [6.45, 7) is 2.43. The van der Waals surface area contributed by atoms with Crippen LogP contribution in [0.4, 0.5) is 5.69 Å². The number of anilines is 1. The predicted octanol–water partition coefficient (Wildman–Crippen LogP) is 4.15. The van der Waals surface area contributed by atoms with Crippen molar-refractivity contribution in [2.45, 2.75) is 12.5 Å². The molecular formula is C26H24N2O4. The second kappa shape index (κ2) is 7.73. The zero-order valence-electron chi connectivity index (χ0n) is 18.0. The molecule has 3 aromatic carbocycles. The van der Waals surface area contributed by atoms with E-state index in [1.807, 2.05) is 79.7 Å². The summed E-state index contributed by atoms with van der Waals surface area (Å²) in [5.41, 5.74) is 1.74. The van der Waals surface area contributed by atoms with Crippen molar-refractivity contribution in [2.24, 2.45) is 0 Å². The summed E-state index contributed by atoms with van der Waals surface area (Å²) < 4.78 is 11.2. The number of aromatic amines is 1. The third kappa shape index (κ3) is 2.95. The predicted molar refractivity (Wildman–Crippen MR) is 123 cm³/mol. The normalized spacial score (nSPS) is 17.6. The number of aliphatic hydroxyl groups is 1. The molecule has 0 radical (unpaired) electrons. The van der Waals surface area contributed by atoms with Gasteiger partial charge in [0.15, 0.2) is 17.1 Å². The van der Waals surface area contributed by atoms with Gasteiger partial charge >= 0.3 is 0 Å². The van der Waals surface area contributed by atoms with Gasteiger partial charge in [0.25, 0.3) is 5.91 Å². The number of nitrogens with zero attached hydrogens (tertiary/aromatic N) is 1. The van der Waals surface area contributed by atoms with Gasteiger partial charge in [-0.2, -0.15) is 0 Å².